The Balaban J connectivity index is 1.88. The van der Waals surface area contributed by atoms with Crippen molar-refractivity contribution in [2.75, 3.05) is 11.1 Å². The SMILES string of the molecule is CCn1c(SCC(=O)Nc2cccc(F)c2)nc2c1c(=O)n(C)c(=O)n2C. The third-order valence-corrected chi connectivity index (χ3v) is 5.05. The molecule has 0 atom stereocenters. The van der Waals surface area contributed by atoms with Crippen LogP contribution in [-0.4, -0.2) is 30.3 Å². The van der Waals surface area contributed by atoms with Gasteiger partial charge in [0.15, 0.2) is 16.3 Å². The summed E-state index contributed by atoms with van der Waals surface area (Å²) in [7, 11) is 2.96. The molecule has 0 fully saturated rings. The zero-order valence-corrected chi connectivity index (χ0v) is 15.8. The number of hydrogen-bond donors (Lipinski definition) is 1. The van der Waals surface area contributed by atoms with Gasteiger partial charge in [-0.1, -0.05) is 17.8 Å². The van der Waals surface area contributed by atoms with Gasteiger partial charge in [-0.25, -0.2) is 14.2 Å². The summed E-state index contributed by atoms with van der Waals surface area (Å²) in [5.41, 5.74) is 0.0566. The summed E-state index contributed by atoms with van der Waals surface area (Å²) in [6, 6.07) is 5.61. The number of nitrogens with zero attached hydrogens (tertiary/aromatic N) is 4. The minimum Gasteiger partial charge on any atom is -0.325 e. The number of aryl methyl sites for hydroxylation is 2. The van der Waals surface area contributed by atoms with Crippen LogP contribution < -0.4 is 16.6 Å². The molecule has 0 unspecified atom stereocenters. The summed E-state index contributed by atoms with van der Waals surface area (Å²) >= 11 is 1.14. The summed E-state index contributed by atoms with van der Waals surface area (Å²) in [6.45, 7) is 2.31. The predicted octanol–water partition coefficient (Wildman–Crippen LogP) is 1.32. The number of carbonyl (C=O) groups excluding carboxylic acids is 1. The van der Waals surface area contributed by atoms with E-state index in [1.807, 2.05) is 6.92 Å². The Labute approximate surface area is 157 Å². The van der Waals surface area contributed by atoms with Gasteiger partial charge in [-0.05, 0) is 25.1 Å². The quantitative estimate of drug-likeness (QED) is 0.663. The van der Waals surface area contributed by atoms with Crippen LogP contribution in [-0.2, 0) is 25.4 Å². The lowest BCUT2D eigenvalue weighted by molar-refractivity contribution is -0.113. The van der Waals surface area contributed by atoms with Gasteiger partial charge < -0.3 is 9.88 Å². The molecular weight excluding hydrogens is 373 g/mol. The zero-order chi connectivity index (χ0) is 19.7. The monoisotopic (exact) mass is 391 g/mol. The van der Waals surface area contributed by atoms with Crippen molar-refractivity contribution in [2.24, 2.45) is 14.1 Å². The number of nitrogens with one attached hydrogen (secondary N) is 1. The second kappa shape index (κ2) is 7.39. The molecule has 0 bridgehead atoms. The molecule has 1 amide bonds. The van der Waals surface area contributed by atoms with Crippen LogP contribution in [0.15, 0.2) is 39.0 Å². The van der Waals surface area contributed by atoms with E-state index >= 15 is 0 Å². The number of halogens is 1. The first-order valence-electron chi connectivity index (χ1n) is 8.18. The lowest BCUT2D eigenvalue weighted by Gasteiger charge is -2.07. The highest BCUT2D eigenvalue weighted by Gasteiger charge is 2.19. The van der Waals surface area contributed by atoms with E-state index in [2.05, 4.69) is 10.3 Å². The summed E-state index contributed by atoms with van der Waals surface area (Å²) in [5, 5.41) is 3.07. The molecule has 142 valence electrons. The number of hydrogen-bond acceptors (Lipinski definition) is 5. The molecule has 0 saturated carbocycles. The van der Waals surface area contributed by atoms with Crippen LogP contribution in [0, 0.1) is 5.82 Å². The largest absolute Gasteiger partial charge is 0.332 e. The van der Waals surface area contributed by atoms with Gasteiger partial charge in [0.1, 0.15) is 5.82 Å². The van der Waals surface area contributed by atoms with E-state index in [0.29, 0.717) is 22.9 Å². The molecule has 1 aromatic carbocycles. The number of fused-ring (bicyclic) bond motifs is 1. The first-order valence-corrected chi connectivity index (χ1v) is 9.16. The fourth-order valence-electron chi connectivity index (χ4n) is 2.72. The third kappa shape index (κ3) is 3.52. The van der Waals surface area contributed by atoms with Crippen molar-refractivity contribution in [3.63, 3.8) is 0 Å². The van der Waals surface area contributed by atoms with Gasteiger partial charge in [-0.3, -0.25) is 18.7 Å². The molecule has 1 N–H and O–H groups in total. The maximum Gasteiger partial charge on any atom is 0.332 e. The first-order chi connectivity index (χ1) is 12.8. The van der Waals surface area contributed by atoms with Crippen LogP contribution in [0.25, 0.3) is 11.2 Å². The number of benzene rings is 1. The molecule has 3 rings (SSSR count). The Morgan fingerprint density at radius 2 is 2.00 bits per heavy atom. The van der Waals surface area contributed by atoms with E-state index in [0.717, 1.165) is 16.3 Å². The molecule has 0 aliphatic heterocycles. The fraction of sp³-hybridized carbons (Fsp3) is 0.294. The van der Waals surface area contributed by atoms with E-state index in [9.17, 15) is 18.8 Å². The van der Waals surface area contributed by atoms with Crippen LogP contribution in [0.4, 0.5) is 10.1 Å². The molecule has 0 radical (unpaired) electrons. The van der Waals surface area contributed by atoms with Crippen molar-refractivity contribution in [3.05, 3.63) is 50.9 Å². The standard InChI is InChI=1S/C17H18FN5O3S/c1-4-23-13-14(21(2)17(26)22(3)15(13)25)20-16(23)27-9-12(24)19-11-7-5-6-10(18)8-11/h5-8H,4,9H2,1-3H3,(H,19,24). The van der Waals surface area contributed by atoms with Gasteiger partial charge in [0.25, 0.3) is 5.56 Å². The number of thioether (sulfide) groups is 1. The van der Waals surface area contributed by atoms with Crippen molar-refractivity contribution >= 4 is 34.5 Å². The molecule has 0 aliphatic rings. The average Bonchev–Trinajstić information content (AvgIpc) is 3.01. The van der Waals surface area contributed by atoms with Crippen LogP contribution in [0.2, 0.25) is 0 Å². The van der Waals surface area contributed by atoms with Gasteiger partial charge >= 0.3 is 5.69 Å². The minimum atomic E-state index is -0.464. The summed E-state index contributed by atoms with van der Waals surface area (Å²) < 4.78 is 17.2. The second-order valence-electron chi connectivity index (χ2n) is 5.86. The van der Waals surface area contributed by atoms with E-state index in [1.54, 1.807) is 17.7 Å². The number of amides is 1. The predicted molar refractivity (Wildman–Crippen MR) is 102 cm³/mol. The highest BCUT2D eigenvalue weighted by molar-refractivity contribution is 7.99. The number of aromatic nitrogens is 4. The summed E-state index contributed by atoms with van der Waals surface area (Å²) in [4.78, 5) is 41.1. The molecular formula is C17H18FN5O3S. The van der Waals surface area contributed by atoms with Crippen LogP contribution in [0.1, 0.15) is 6.92 Å². The van der Waals surface area contributed by atoms with Crippen molar-refractivity contribution in [3.8, 4) is 0 Å². The van der Waals surface area contributed by atoms with E-state index in [-0.39, 0.29) is 17.3 Å². The van der Waals surface area contributed by atoms with Gasteiger partial charge in [0, 0.05) is 26.3 Å². The fourth-order valence-corrected chi connectivity index (χ4v) is 3.58. The Morgan fingerprint density at radius 3 is 2.67 bits per heavy atom. The van der Waals surface area contributed by atoms with E-state index in [1.165, 1.54) is 29.8 Å². The molecule has 8 nitrogen and oxygen atoms in total. The highest BCUT2D eigenvalue weighted by Crippen LogP contribution is 2.22. The smallest absolute Gasteiger partial charge is 0.325 e. The van der Waals surface area contributed by atoms with Crippen molar-refractivity contribution < 1.29 is 9.18 Å². The number of carbonyl (C=O) groups is 1. The zero-order valence-electron chi connectivity index (χ0n) is 15.0. The number of anilines is 1. The molecule has 27 heavy (non-hydrogen) atoms. The number of rotatable bonds is 5. The van der Waals surface area contributed by atoms with Gasteiger partial charge in [0.05, 0.1) is 5.75 Å². The maximum absolute atomic E-state index is 13.2. The Morgan fingerprint density at radius 1 is 1.26 bits per heavy atom. The third-order valence-electron chi connectivity index (χ3n) is 4.07. The highest BCUT2D eigenvalue weighted by atomic mass is 32.2. The lowest BCUT2D eigenvalue weighted by Crippen LogP contribution is -2.37. The lowest BCUT2D eigenvalue weighted by atomic mass is 10.3. The van der Waals surface area contributed by atoms with Crippen molar-refractivity contribution in [1.29, 1.82) is 0 Å². The molecule has 2 heterocycles. The Hall–Kier alpha value is -2.88. The Bertz CT molecular complexity index is 1150. The number of imidazole rings is 1. The van der Waals surface area contributed by atoms with Gasteiger partial charge in [-0.2, -0.15) is 0 Å². The summed E-state index contributed by atoms with van der Waals surface area (Å²) in [5.74, 6) is -0.749. The Kier molecular flexibility index (Phi) is 5.17. The molecule has 2 aromatic heterocycles. The molecule has 10 heteroatoms. The topological polar surface area (TPSA) is 90.9 Å². The van der Waals surface area contributed by atoms with Crippen molar-refractivity contribution in [1.82, 2.24) is 18.7 Å². The molecule has 0 saturated heterocycles. The van der Waals surface area contributed by atoms with E-state index < -0.39 is 17.1 Å². The van der Waals surface area contributed by atoms with Crippen molar-refractivity contribution in [2.45, 2.75) is 18.6 Å². The van der Waals surface area contributed by atoms with Gasteiger partial charge in [-0.15, -0.1) is 0 Å². The molecule has 3 aromatic rings. The minimum absolute atomic E-state index is 0.0219. The molecule has 0 spiro atoms. The summed E-state index contributed by atoms with van der Waals surface area (Å²) in [6.07, 6.45) is 0. The maximum atomic E-state index is 13.2. The van der Waals surface area contributed by atoms with Gasteiger partial charge in [0.2, 0.25) is 5.91 Å². The van der Waals surface area contributed by atoms with Crippen LogP contribution >= 0.6 is 11.8 Å². The second-order valence-corrected chi connectivity index (χ2v) is 6.81. The average molecular weight is 391 g/mol. The normalized spacial score (nSPS) is 11.1. The van der Waals surface area contributed by atoms with E-state index in [4.69, 9.17) is 0 Å². The first kappa shape index (κ1) is 18.9. The molecule has 0 aliphatic carbocycles. The van der Waals surface area contributed by atoms with Crippen LogP contribution in [0.5, 0.6) is 0 Å². The van der Waals surface area contributed by atoms with Crippen LogP contribution in [0.3, 0.4) is 0 Å².